The van der Waals surface area contributed by atoms with Crippen LogP contribution in [0.5, 0.6) is 0 Å². The first-order valence-electron chi connectivity index (χ1n) is 16.1. The summed E-state index contributed by atoms with van der Waals surface area (Å²) >= 11 is 0. The third-order valence-electron chi connectivity index (χ3n) is 10.4. The Morgan fingerprint density at radius 1 is 0.431 bits per heavy atom. The first-order valence-corrected chi connectivity index (χ1v) is 16.1. The zero-order valence-corrected chi connectivity index (χ0v) is 26.8. The summed E-state index contributed by atoms with van der Waals surface area (Å²) in [7, 11) is 0. The van der Waals surface area contributed by atoms with Gasteiger partial charge in [-0.15, -0.1) is 0 Å². The van der Waals surface area contributed by atoms with Crippen LogP contribution in [0.1, 0.15) is 88.7 Å². The van der Waals surface area contributed by atoms with E-state index in [1.54, 1.807) is 0 Å². The number of aryl methyl sites for hydroxylation is 1. The van der Waals surface area contributed by atoms with Crippen molar-refractivity contribution in [3.63, 3.8) is 0 Å². The second-order valence-corrected chi connectivity index (χ2v) is 13.7. The van der Waals surface area contributed by atoms with E-state index in [0.717, 1.165) is 50.9 Å². The number of halogens is 19. The average molecular weight is 781 g/mol. The molecule has 51 heavy (non-hydrogen) atoms. The maximum absolute atomic E-state index is 14.7. The Morgan fingerprint density at radius 3 is 1.12 bits per heavy atom. The zero-order valence-electron chi connectivity index (χ0n) is 26.8. The Kier molecular flexibility index (Phi) is 12.1. The van der Waals surface area contributed by atoms with Crippen LogP contribution in [0.3, 0.4) is 0 Å². The van der Waals surface area contributed by atoms with E-state index in [1.807, 2.05) is 0 Å². The minimum atomic E-state index is -8.92. The van der Waals surface area contributed by atoms with Crippen molar-refractivity contribution in [2.24, 2.45) is 23.7 Å². The lowest BCUT2D eigenvalue weighted by Gasteiger charge is -2.43. The van der Waals surface area contributed by atoms with Crippen LogP contribution in [-0.2, 0) is 12.3 Å². The molecule has 2 fully saturated rings. The molecule has 0 N–H and O–H groups in total. The molecule has 0 unspecified atom stereocenters. The van der Waals surface area contributed by atoms with Crippen molar-refractivity contribution in [2.75, 3.05) is 0 Å². The molecule has 2 saturated carbocycles. The molecular weight excluding hydrogens is 745 g/mol. The van der Waals surface area contributed by atoms with Gasteiger partial charge in [0.2, 0.25) is 0 Å². The molecule has 0 saturated heterocycles. The lowest BCUT2D eigenvalue weighted by atomic mass is 9.68. The van der Waals surface area contributed by atoms with Crippen LogP contribution < -0.4 is 0 Å². The molecule has 2 aliphatic rings. The number of hydrogen-bond acceptors (Lipinski definition) is 0. The molecule has 3 rings (SSSR count). The lowest BCUT2D eigenvalue weighted by Crippen LogP contribution is -2.75. The smallest absolute Gasteiger partial charge is 0.194 e. The molecule has 0 spiro atoms. The summed E-state index contributed by atoms with van der Waals surface area (Å²) in [4.78, 5) is 0. The van der Waals surface area contributed by atoms with Crippen LogP contribution >= 0.6 is 0 Å². The van der Waals surface area contributed by atoms with Crippen molar-refractivity contribution >= 4 is 0 Å². The molecule has 0 aliphatic heterocycles. The first-order chi connectivity index (χ1) is 23.0. The van der Waals surface area contributed by atoms with E-state index in [1.165, 1.54) is 19.3 Å². The molecule has 1 aromatic carbocycles. The van der Waals surface area contributed by atoms with E-state index in [2.05, 4.69) is 6.92 Å². The van der Waals surface area contributed by atoms with Gasteiger partial charge >= 0.3 is 53.6 Å². The van der Waals surface area contributed by atoms with E-state index in [0.29, 0.717) is 30.4 Å². The predicted molar refractivity (Wildman–Crippen MR) is 145 cm³/mol. The van der Waals surface area contributed by atoms with Gasteiger partial charge < -0.3 is 0 Å². The van der Waals surface area contributed by atoms with Crippen LogP contribution in [0.25, 0.3) is 0 Å². The molecule has 2 aliphatic carbocycles. The van der Waals surface area contributed by atoms with Crippen molar-refractivity contribution in [2.45, 2.75) is 138 Å². The van der Waals surface area contributed by atoms with Crippen molar-refractivity contribution in [1.29, 1.82) is 0 Å². The first kappa shape index (κ1) is 43.3. The molecule has 0 heterocycles. The fourth-order valence-electron chi connectivity index (χ4n) is 7.10. The third kappa shape index (κ3) is 7.26. The quantitative estimate of drug-likeness (QED) is 0.165. The number of hydrogen-bond donors (Lipinski definition) is 0. The van der Waals surface area contributed by atoms with Gasteiger partial charge in [-0.25, -0.2) is 0 Å². The van der Waals surface area contributed by atoms with Crippen LogP contribution in [0.4, 0.5) is 83.4 Å². The lowest BCUT2D eigenvalue weighted by molar-refractivity contribution is -0.469. The van der Waals surface area contributed by atoms with Crippen LogP contribution in [-0.4, -0.2) is 47.6 Å². The van der Waals surface area contributed by atoms with Gasteiger partial charge in [0.05, 0.1) is 0 Å². The van der Waals surface area contributed by atoms with Crippen molar-refractivity contribution < 1.29 is 83.4 Å². The summed E-state index contributed by atoms with van der Waals surface area (Å²) < 4.78 is 260. The highest BCUT2D eigenvalue weighted by Crippen LogP contribution is 2.66. The fraction of sp³-hybridized carbons (Fsp3) is 0.812. The van der Waals surface area contributed by atoms with Gasteiger partial charge in [-0.2, -0.15) is 83.4 Å². The van der Waals surface area contributed by atoms with Gasteiger partial charge in [-0.1, -0.05) is 69.7 Å². The Balaban J connectivity index is 1.72. The van der Waals surface area contributed by atoms with E-state index in [-0.39, 0.29) is 30.0 Å². The molecular formula is C32H35F19. The van der Waals surface area contributed by atoms with Gasteiger partial charge in [0, 0.05) is 5.56 Å². The molecule has 19 heteroatoms. The van der Waals surface area contributed by atoms with E-state index >= 15 is 0 Å². The maximum Gasteiger partial charge on any atom is 0.460 e. The van der Waals surface area contributed by atoms with E-state index in [9.17, 15) is 83.4 Å². The number of rotatable bonds is 14. The highest BCUT2D eigenvalue weighted by molar-refractivity contribution is 5.30. The number of alkyl halides is 19. The average Bonchev–Trinajstić information content (AvgIpc) is 3.03. The topological polar surface area (TPSA) is 0 Å². The van der Waals surface area contributed by atoms with Crippen LogP contribution in [0, 0.1) is 23.7 Å². The summed E-state index contributed by atoms with van der Waals surface area (Å²) in [6.45, 7) is 2.15. The van der Waals surface area contributed by atoms with Gasteiger partial charge in [0.15, 0.2) is 0 Å². The predicted octanol–water partition coefficient (Wildman–Crippen LogP) is 13.1. The Bertz CT molecular complexity index is 1280. The van der Waals surface area contributed by atoms with Crippen LogP contribution in [0.15, 0.2) is 24.3 Å². The molecule has 0 radical (unpaired) electrons. The molecule has 0 amide bonds. The fourth-order valence-corrected chi connectivity index (χ4v) is 7.10. The summed E-state index contributed by atoms with van der Waals surface area (Å²) in [6, 6.07) is 1.37. The second-order valence-electron chi connectivity index (χ2n) is 13.7. The highest BCUT2D eigenvalue weighted by atomic mass is 19.4. The van der Waals surface area contributed by atoms with E-state index in [4.69, 9.17) is 0 Å². The van der Waals surface area contributed by atoms with E-state index < -0.39 is 59.1 Å². The summed E-state index contributed by atoms with van der Waals surface area (Å²) in [5.41, 5.74) is -2.10. The molecule has 0 aromatic heterocycles. The molecule has 296 valence electrons. The van der Waals surface area contributed by atoms with Crippen molar-refractivity contribution in [1.82, 2.24) is 0 Å². The minimum Gasteiger partial charge on any atom is -0.194 e. The van der Waals surface area contributed by atoms with Gasteiger partial charge in [-0.05, 0) is 67.8 Å². The molecule has 1 aromatic rings. The van der Waals surface area contributed by atoms with Gasteiger partial charge in [0.1, 0.15) is 0 Å². The van der Waals surface area contributed by atoms with Gasteiger partial charge in [-0.3, -0.25) is 0 Å². The molecule has 0 atom stereocenters. The summed E-state index contributed by atoms with van der Waals surface area (Å²) in [6.07, 6.45) is 3.36. The van der Waals surface area contributed by atoms with Crippen molar-refractivity contribution in [3.05, 3.63) is 35.4 Å². The highest BCUT2D eigenvalue weighted by Gasteiger charge is 2.96. The Morgan fingerprint density at radius 2 is 0.765 bits per heavy atom. The van der Waals surface area contributed by atoms with Crippen molar-refractivity contribution in [3.8, 4) is 0 Å². The SMILES string of the molecule is CCCC1CCC(C2CCC(CCc3ccc(C(F)(F)C(F)(F)C(F)(F)C(F)(F)C(F)(F)C(F)(F)C(F)(F)C(F)(F)C(F)(F)F)cc3)CC2)CC1. The normalized spacial score (nSPS) is 24.2. The van der Waals surface area contributed by atoms with Crippen LogP contribution in [0.2, 0.25) is 0 Å². The zero-order chi connectivity index (χ0) is 39.3. The monoisotopic (exact) mass is 780 g/mol. The Labute approximate surface area is 280 Å². The Hall–Kier alpha value is -2.11. The summed E-state index contributed by atoms with van der Waals surface area (Å²) in [5, 5.41) is 0. The van der Waals surface area contributed by atoms with Gasteiger partial charge in [0.25, 0.3) is 0 Å². The summed E-state index contributed by atoms with van der Waals surface area (Å²) in [5.74, 6) is -64.5. The largest absolute Gasteiger partial charge is 0.460 e. The third-order valence-corrected chi connectivity index (χ3v) is 10.4. The maximum atomic E-state index is 14.7. The minimum absolute atomic E-state index is 0.00797. The molecule has 0 nitrogen and oxygen atoms in total. The molecule has 0 bridgehead atoms. The standard InChI is InChI=1S/C32H35F19/c1-2-3-18-6-12-21(13-7-18)22-14-8-19(9-15-22)4-5-20-10-16-23(17-11-20)24(33,34)25(35,36)26(37,38)27(39,40)28(41,42)29(43,44)30(45,46)31(47,48)32(49,50)51/h10-11,16-19,21-22H,2-9,12-15H2,1H3. The second kappa shape index (κ2) is 14.3. The number of benzene rings is 1.